The van der Waals surface area contributed by atoms with Crippen LogP contribution in [0.2, 0.25) is 5.02 Å². The van der Waals surface area contributed by atoms with Crippen LogP contribution in [0.4, 0.5) is 5.69 Å². The van der Waals surface area contributed by atoms with Gasteiger partial charge in [-0.1, -0.05) is 17.7 Å². The largest absolute Gasteiger partial charge is 0.348 e. The number of fused-ring (bicyclic) bond motifs is 1. The summed E-state index contributed by atoms with van der Waals surface area (Å²) in [6.45, 7) is 8.33. The summed E-state index contributed by atoms with van der Waals surface area (Å²) < 4.78 is 1.87. The number of nitrogens with one attached hydrogen (secondary N) is 2. The third-order valence-electron chi connectivity index (χ3n) is 4.63. The molecule has 2 N–H and O–H groups in total. The molecule has 1 aromatic heterocycles. The van der Waals surface area contributed by atoms with Crippen LogP contribution in [0.15, 0.2) is 12.1 Å². The fourth-order valence-corrected chi connectivity index (χ4v) is 3.84. The predicted molar refractivity (Wildman–Crippen MR) is 107 cm³/mol. The van der Waals surface area contributed by atoms with E-state index in [0.29, 0.717) is 22.9 Å². The minimum absolute atomic E-state index is 0.00438. The fraction of sp³-hybridized carbons (Fsp3) is 0.450. The van der Waals surface area contributed by atoms with Gasteiger partial charge in [0, 0.05) is 12.6 Å². The van der Waals surface area contributed by atoms with Crippen LogP contribution in [-0.2, 0) is 13.0 Å². The van der Waals surface area contributed by atoms with E-state index < -0.39 is 0 Å². The SMILES string of the molecule is Cc1cc(C)c(NC(=O)c2nc(C(=O)NC(C)C)c3n2CCCC3)c(Cl)c1. The summed E-state index contributed by atoms with van der Waals surface area (Å²) in [4.78, 5) is 29.9. The quantitative estimate of drug-likeness (QED) is 0.834. The van der Waals surface area contributed by atoms with Crippen LogP contribution in [0, 0.1) is 13.8 Å². The highest BCUT2D eigenvalue weighted by Crippen LogP contribution is 2.28. The highest BCUT2D eigenvalue weighted by atomic mass is 35.5. The molecule has 2 amide bonds. The number of amides is 2. The normalized spacial score (nSPS) is 13.4. The Morgan fingerprint density at radius 1 is 1.19 bits per heavy atom. The Bertz CT molecular complexity index is 879. The number of hydrogen-bond donors (Lipinski definition) is 2. The maximum Gasteiger partial charge on any atom is 0.291 e. The van der Waals surface area contributed by atoms with Gasteiger partial charge in [0.15, 0.2) is 5.82 Å². The fourth-order valence-electron chi connectivity index (χ4n) is 3.47. The van der Waals surface area contributed by atoms with Crippen molar-refractivity contribution in [3.63, 3.8) is 0 Å². The molecule has 2 heterocycles. The molecular weight excluding hydrogens is 364 g/mol. The number of halogens is 1. The Morgan fingerprint density at radius 2 is 1.93 bits per heavy atom. The molecule has 27 heavy (non-hydrogen) atoms. The van der Waals surface area contributed by atoms with Gasteiger partial charge in [0.05, 0.1) is 16.4 Å². The lowest BCUT2D eigenvalue weighted by Gasteiger charge is -2.18. The zero-order valence-corrected chi connectivity index (χ0v) is 16.9. The van der Waals surface area contributed by atoms with Crippen LogP contribution in [-0.4, -0.2) is 27.4 Å². The van der Waals surface area contributed by atoms with Crippen LogP contribution in [0.5, 0.6) is 0 Å². The topological polar surface area (TPSA) is 76.0 Å². The van der Waals surface area contributed by atoms with Gasteiger partial charge < -0.3 is 15.2 Å². The third-order valence-corrected chi connectivity index (χ3v) is 4.92. The molecule has 0 aliphatic carbocycles. The number of hydrogen-bond acceptors (Lipinski definition) is 3. The van der Waals surface area contributed by atoms with Crippen molar-refractivity contribution in [1.82, 2.24) is 14.9 Å². The number of benzene rings is 1. The van der Waals surface area contributed by atoms with Crippen molar-refractivity contribution in [1.29, 1.82) is 0 Å². The molecule has 2 aromatic rings. The van der Waals surface area contributed by atoms with Gasteiger partial charge in [0.1, 0.15) is 5.69 Å². The molecule has 0 radical (unpaired) electrons. The summed E-state index contributed by atoms with van der Waals surface area (Å²) in [5.74, 6) is -0.329. The van der Waals surface area contributed by atoms with Crippen molar-refractivity contribution in [3.05, 3.63) is 45.5 Å². The monoisotopic (exact) mass is 388 g/mol. The average Bonchev–Trinajstić information content (AvgIpc) is 2.97. The van der Waals surface area contributed by atoms with Gasteiger partial charge in [-0.3, -0.25) is 9.59 Å². The molecule has 7 heteroatoms. The Hall–Kier alpha value is -2.34. The van der Waals surface area contributed by atoms with E-state index in [1.54, 1.807) is 0 Å². The lowest BCUT2D eigenvalue weighted by molar-refractivity contribution is 0.0937. The Kier molecular flexibility index (Phi) is 5.56. The smallest absolute Gasteiger partial charge is 0.291 e. The summed E-state index contributed by atoms with van der Waals surface area (Å²) in [7, 11) is 0. The molecule has 0 bridgehead atoms. The van der Waals surface area contributed by atoms with E-state index in [0.717, 1.165) is 36.1 Å². The maximum atomic E-state index is 12.9. The van der Waals surface area contributed by atoms with Gasteiger partial charge in [-0.25, -0.2) is 4.98 Å². The van der Waals surface area contributed by atoms with Crippen LogP contribution in [0.1, 0.15) is 64.6 Å². The lowest BCUT2D eigenvalue weighted by Crippen LogP contribution is -2.31. The predicted octanol–water partition coefficient (Wildman–Crippen LogP) is 3.88. The van der Waals surface area contributed by atoms with Gasteiger partial charge >= 0.3 is 0 Å². The number of rotatable bonds is 4. The minimum atomic E-state index is -0.351. The standard InChI is InChI=1S/C20H25ClN4O2/c1-11(2)22-19(26)17-15-7-5-6-8-25(15)18(23-17)20(27)24-16-13(4)9-12(3)10-14(16)21/h9-11H,5-8H2,1-4H3,(H,22,26)(H,24,27). The van der Waals surface area contributed by atoms with Crippen molar-refractivity contribution in [2.45, 2.75) is 59.5 Å². The Labute approximate surface area is 164 Å². The summed E-state index contributed by atoms with van der Waals surface area (Å²) in [6.07, 6.45) is 2.68. The molecule has 6 nitrogen and oxygen atoms in total. The number of carbonyl (C=O) groups is 2. The van der Waals surface area contributed by atoms with Crippen molar-refractivity contribution in [2.75, 3.05) is 5.32 Å². The van der Waals surface area contributed by atoms with Crippen molar-refractivity contribution in [2.24, 2.45) is 0 Å². The van der Waals surface area contributed by atoms with E-state index in [2.05, 4.69) is 15.6 Å². The number of anilines is 1. The van der Waals surface area contributed by atoms with E-state index in [1.807, 2.05) is 44.4 Å². The van der Waals surface area contributed by atoms with Gasteiger partial charge in [-0.15, -0.1) is 0 Å². The molecule has 0 fully saturated rings. The second kappa shape index (κ2) is 7.72. The van der Waals surface area contributed by atoms with E-state index >= 15 is 0 Å². The molecule has 3 rings (SSSR count). The zero-order valence-electron chi connectivity index (χ0n) is 16.1. The van der Waals surface area contributed by atoms with Crippen molar-refractivity contribution >= 4 is 29.1 Å². The third kappa shape index (κ3) is 4.00. The summed E-state index contributed by atoms with van der Waals surface area (Å²) in [5, 5.41) is 6.24. The first-order valence-corrected chi connectivity index (χ1v) is 9.64. The summed E-state index contributed by atoms with van der Waals surface area (Å²) >= 11 is 6.32. The number of carbonyl (C=O) groups excluding carboxylic acids is 2. The lowest BCUT2D eigenvalue weighted by atomic mass is 10.1. The summed E-state index contributed by atoms with van der Waals surface area (Å²) in [5.41, 5.74) is 3.67. The van der Waals surface area contributed by atoms with Crippen LogP contribution in [0.3, 0.4) is 0 Å². The van der Waals surface area contributed by atoms with Gasteiger partial charge in [0.25, 0.3) is 11.8 Å². The molecule has 0 atom stereocenters. The molecule has 1 aromatic carbocycles. The second-order valence-electron chi connectivity index (χ2n) is 7.36. The number of imidazole rings is 1. The van der Waals surface area contributed by atoms with Crippen molar-refractivity contribution in [3.8, 4) is 0 Å². The van der Waals surface area contributed by atoms with Crippen LogP contribution < -0.4 is 10.6 Å². The van der Waals surface area contributed by atoms with Crippen LogP contribution in [0.25, 0.3) is 0 Å². The highest BCUT2D eigenvalue weighted by Gasteiger charge is 2.28. The second-order valence-corrected chi connectivity index (χ2v) is 7.77. The molecule has 0 saturated heterocycles. The first-order valence-electron chi connectivity index (χ1n) is 9.26. The first-order chi connectivity index (χ1) is 12.8. The van der Waals surface area contributed by atoms with Gasteiger partial charge in [-0.05, 0) is 64.2 Å². The first kappa shape index (κ1) is 19.4. The number of aromatic nitrogens is 2. The number of aryl methyl sites for hydroxylation is 2. The Morgan fingerprint density at radius 3 is 2.59 bits per heavy atom. The average molecular weight is 389 g/mol. The van der Waals surface area contributed by atoms with Crippen molar-refractivity contribution < 1.29 is 9.59 Å². The maximum absolute atomic E-state index is 12.9. The Balaban J connectivity index is 1.96. The van der Waals surface area contributed by atoms with E-state index in [-0.39, 0.29) is 23.7 Å². The van der Waals surface area contributed by atoms with E-state index in [1.165, 1.54) is 0 Å². The van der Waals surface area contributed by atoms with Crippen LogP contribution >= 0.6 is 11.6 Å². The zero-order chi connectivity index (χ0) is 19.7. The summed E-state index contributed by atoms with van der Waals surface area (Å²) in [6, 6.07) is 3.78. The highest BCUT2D eigenvalue weighted by molar-refractivity contribution is 6.34. The van der Waals surface area contributed by atoms with Gasteiger partial charge in [-0.2, -0.15) is 0 Å². The number of nitrogens with zero attached hydrogens (tertiary/aromatic N) is 2. The van der Waals surface area contributed by atoms with E-state index in [9.17, 15) is 9.59 Å². The van der Waals surface area contributed by atoms with Gasteiger partial charge in [0.2, 0.25) is 0 Å². The molecular formula is C20H25ClN4O2. The minimum Gasteiger partial charge on any atom is -0.348 e. The molecule has 1 aliphatic heterocycles. The van der Waals surface area contributed by atoms with E-state index in [4.69, 9.17) is 11.6 Å². The molecule has 144 valence electrons. The molecule has 1 aliphatic rings. The molecule has 0 unspecified atom stereocenters. The molecule has 0 saturated carbocycles. The molecule has 0 spiro atoms.